The monoisotopic (exact) mass is 250 g/mol. The maximum atomic E-state index is 11.6. The van der Waals surface area contributed by atoms with Gasteiger partial charge in [0.15, 0.2) is 11.5 Å². The summed E-state index contributed by atoms with van der Waals surface area (Å²) in [6.45, 7) is 2.37. The minimum Gasteiger partial charge on any atom is -0.493 e. The molecule has 1 aliphatic carbocycles. The van der Waals surface area contributed by atoms with Gasteiger partial charge in [-0.2, -0.15) is 0 Å². The number of carboxylic acids is 1. The molecule has 0 bridgehead atoms. The molecule has 2 rings (SSSR count). The Hall–Kier alpha value is -1.71. The molecule has 0 heterocycles. The van der Waals surface area contributed by atoms with Crippen molar-refractivity contribution in [2.45, 2.75) is 31.6 Å². The van der Waals surface area contributed by atoms with Gasteiger partial charge in [-0.05, 0) is 25.8 Å². The maximum absolute atomic E-state index is 11.6. The Morgan fingerprint density at radius 2 is 2.17 bits per heavy atom. The van der Waals surface area contributed by atoms with Gasteiger partial charge in [-0.1, -0.05) is 18.6 Å². The summed E-state index contributed by atoms with van der Waals surface area (Å²) in [6.07, 6.45) is 2.26. The van der Waals surface area contributed by atoms with Crippen molar-refractivity contribution < 1.29 is 19.4 Å². The number of hydrogen-bond donors (Lipinski definition) is 1. The number of para-hydroxylation sites is 1. The number of aliphatic carboxylic acids is 1. The fourth-order valence-corrected chi connectivity index (χ4v) is 2.48. The average molecular weight is 250 g/mol. The van der Waals surface area contributed by atoms with Gasteiger partial charge in [0.25, 0.3) is 0 Å². The van der Waals surface area contributed by atoms with Crippen molar-refractivity contribution in [2.75, 3.05) is 13.7 Å². The fourth-order valence-electron chi connectivity index (χ4n) is 2.48. The van der Waals surface area contributed by atoms with E-state index in [9.17, 15) is 9.90 Å². The number of carbonyl (C=O) groups is 1. The van der Waals surface area contributed by atoms with Gasteiger partial charge >= 0.3 is 5.97 Å². The van der Waals surface area contributed by atoms with Crippen molar-refractivity contribution in [3.8, 4) is 11.5 Å². The molecule has 0 atom stereocenters. The lowest BCUT2D eigenvalue weighted by Gasteiger charge is -2.39. The topological polar surface area (TPSA) is 55.8 Å². The van der Waals surface area contributed by atoms with E-state index in [4.69, 9.17) is 9.47 Å². The van der Waals surface area contributed by atoms with Crippen LogP contribution >= 0.6 is 0 Å². The van der Waals surface area contributed by atoms with E-state index in [1.54, 1.807) is 13.2 Å². The third-order valence-corrected chi connectivity index (χ3v) is 3.62. The molecule has 0 saturated heterocycles. The summed E-state index contributed by atoms with van der Waals surface area (Å²) in [5.74, 6) is 0.398. The van der Waals surface area contributed by atoms with Crippen LogP contribution in [0.4, 0.5) is 0 Å². The normalized spacial score (nSPS) is 16.8. The number of carboxylic acid groups (broad SMARTS) is 1. The Morgan fingerprint density at radius 3 is 2.61 bits per heavy atom. The molecule has 1 saturated carbocycles. The van der Waals surface area contributed by atoms with Gasteiger partial charge in [-0.15, -0.1) is 0 Å². The Kier molecular flexibility index (Phi) is 3.45. The van der Waals surface area contributed by atoms with Crippen molar-refractivity contribution in [3.63, 3.8) is 0 Å². The lowest BCUT2D eigenvalue weighted by atomic mass is 9.64. The molecule has 1 fully saturated rings. The molecule has 18 heavy (non-hydrogen) atoms. The highest BCUT2D eigenvalue weighted by Crippen LogP contribution is 2.49. The van der Waals surface area contributed by atoms with E-state index in [-0.39, 0.29) is 0 Å². The second kappa shape index (κ2) is 4.88. The molecule has 0 unspecified atom stereocenters. The van der Waals surface area contributed by atoms with E-state index in [1.165, 1.54) is 0 Å². The Morgan fingerprint density at radius 1 is 1.44 bits per heavy atom. The smallest absolute Gasteiger partial charge is 0.314 e. The zero-order valence-corrected chi connectivity index (χ0v) is 10.7. The van der Waals surface area contributed by atoms with Gasteiger partial charge in [-0.25, -0.2) is 0 Å². The molecule has 1 aliphatic rings. The van der Waals surface area contributed by atoms with E-state index < -0.39 is 11.4 Å². The van der Waals surface area contributed by atoms with Crippen molar-refractivity contribution in [1.29, 1.82) is 0 Å². The molecule has 4 heteroatoms. The molecule has 0 amide bonds. The van der Waals surface area contributed by atoms with E-state index in [0.717, 1.165) is 12.0 Å². The van der Waals surface area contributed by atoms with Gasteiger partial charge in [0.05, 0.1) is 19.1 Å². The zero-order chi connectivity index (χ0) is 13.2. The van der Waals surface area contributed by atoms with Crippen LogP contribution in [0.15, 0.2) is 18.2 Å². The molecule has 1 aromatic rings. The van der Waals surface area contributed by atoms with Gasteiger partial charge in [0, 0.05) is 5.56 Å². The van der Waals surface area contributed by atoms with Crippen LogP contribution in [0.5, 0.6) is 11.5 Å². The molecule has 98 valence electrons. The largest absolute Gasteiger partial charge is 0.493 e. The third kappa shape index (κ3) is 1.82. The summed E-state index contributed by atoms with van der Waals surface area (Å²) < 4.78 is 10.9. The van der Waals surface area contributed by atoms with Gasteiger partial charge in [0.2, 0.25) is 0 Å². The first kappa shape index (κ1) is 12.7. The van der Waals surface area contributed by atoms with Crippen molar-refractivity contribution >= 4 is 5.97 Å². The van der Waals surface area contributed by atoms with Crippen LogP contribution in [0, 0.1) is 0 Å². The highest BCUT2D eigenvalue weighted by Gasteiger charge is 2.48. The molecule has 0 aliphatic heterocycles. The van der Waals surface area contributed by atoms with Crippen LogP contribution in [-0.4, -0.2) is 24.8 Å². The number of methoxy groups -OCH3 is 1. The Bertz CT molecular complexity index is 449. The van der Waals surface area contributed by atoms with Crippen LogP contribution in [0.1, 0.15) is 31.7 Å². The summed E-state index contributed by atoms with van der Waals surface area (Å²) in [6, 6.07) is 5.45. The van der Waals surface area contributed by atoms with E-state index in [1.807, 2.05) is 19.1 Å². The minimum absolute atomic E-state index is 0.489. The Labute approximate surface area is 107 Å². The third-order valence-electron chi connectivity index (χ3n) is 3.62. The molecule has 4 nitrogen and oxygen atoms in total. The molecule has 0 radical (unpaired) electrons. The summed E-state index contributed by atoms with van der Waals surface area (Å²) in [7, 11) is 1.57. The number of ether oxygens (including phenoxy) is 2. The van der Waals surface area contributed by atoms with Gasteiger partial charge < -0.3 is 14.6 Å². The number of benzene rings is 1. The number of rotatable bonds is 5. The first-order valence-electron chi connectivity index (χ1n) is 6.19. The molecule has 0 aromatic heterocycles. The maximum Gasteiger partial charge on any atom is 0.314 e. The first-order chi connectivity index (χ1) is 8.65. The summed E-state index contributed by atoms with van der Waals surface area (Å²) in [4.78, 5) is 11.6. The zero-order valence-electron chi connectivity index (χ0n) is 10.7. The lowest BCUT2D eigenvalue weighted by molar-refractivity contribution is -0.147. The first-order valence-corrected chi connectivity index (χ1v) is 6.19. The van der Waals surface area contributed by atoms with Crippen LogP contribution in [0.25, 0.3) is 0 Å². The summed E-state index contributed by atoms with van der Waals surface area (Å²) >= 11 is 0. The molecule has 1 aromatic carbocycles. The van der Waals surface area contributed by atoms with E-state index in [2.05, 4.69) is 0 Å². The average Bonchev–Trinajstić information content (AvgIpc) is 2.29. The van der Waals surface area contributed by atoms with Gasteiger partial charge in [-0.3, -0.25) is 4.79 Å². The van der Waals surface area contributed by atoms with Crippen molar-refractivity contribution in [1.82, 2.24) is 0 Å². The predicted molar refractivity (Wildman–Crippen MR) is 67.3 cm³/mol. The van der Waals surface area contributed by atoms with Crippen LogP contribution in [0.2, 0.25) is 0 Å². The predicted octanol–water partition coefficient (Wildman–Crippen LogP) is 2.60. The second-order valence-electron chi connectivity index (χ2n) is 4.51. The summed E-state index contributed by atoms with van der Waals surface area (Å²) in [5.41, 5.74) is -0.0542. The SMILES string of the molecule is CCOc1c(OC)cccc1C1(C(=O)O)CCC1. The molecule has 1 N–H and O–H groups in total. The standard InChI is InChI=1S/C14H18O4/c1-3-18-12-10(6-4-7-11(12)17-2)14(13(15)16)8-5-9-14/h4,6-7H,3,5,8-9H2,1-2H3,(H,15,16). The van der Waals surface area contributed by atoms with E-state index in [0.29, 0.717) is 30.9 Å². The van der Waals surface area contributed by atoms with E-state index >= 15 is 0 Å². The highest BCUT2D eigenvalue weighted by atomic mass is 16.5. The van der Waals surface area contributed by atoms with Gasteiger partial charge in [0.1, 0.15) is 0 Å². The number of hydrogen-bond acceptors (Lipinski definition) is 3. The highest BCUT2D eigenvalue weighted by molar-refractivity contribution is 5.84. The van der Waals surface area contributed by atoms with Crippen LogP contribution in [0.3, 0.4) is 0 Å². The fraction of sp³-hybridized carbons (Fsp3) is 0.500. The molecular weight excluding hydrogens is 232 g/mol. The lowest BCUT2D eigenvalue weighted by Crippen LogP contribution is -2.42. The second-order valence-corrected chi connectivity index (χ2v) is 4.51. The summed E-state index contributed by atoms with van der Waals surface area (Å²) in [5, 5.41) is 9.50. The Balaban J connectivity index is 2.52. The van der Waals surface area contributed by atoms with Crippen LogP contribution < -0.4 is 9.47 Å². The van der Waals surface area contributed by atoms with Crippen LogP contribution in [-0.2, 0) is 10.2 Å². The molecular formula is C14H18O4. The van der Waals surface area contributed by atoms with Crippen molar-refractivity contribution in [3.05, 3.63) is 23.8 Å². The molecule has 0 spiro atoms. The van der Waals surface area contributed by atoms with Crippen molar-refractivity contribution in [2.24, 2.45) is 0 Å². The quantitative estimate of drug-likeness (QED) is 0.872. The minimum atomic E-state index is -0.793.